The summed E-state index contributed by atoms with van der Waals surface area (Å²) in [6.07, 6.45) is 5.15. The second-order valence-electron chi connectivity index (χ2n) is 5.26. The van der Waals surface area contributed by atoms with Crippen molar-refractivity contribution in [1.29, 1.82) is 0 Å². The predicted molar refractivity (Wildman–Crippen MR) is 73.6 cm³/mol. The molecule has 0 radical (unpaired) electrons. The number of nitrogens with zero attached hydrogens (tertiary/aromatic N) is 2. The summed E-state index contributed by atoms with van der Waals surface area (Å²) in [5.41, 5.74) is 0. The maximum atomic E-state index is 12.6. The number of piperidine rings is 1. The first-order valence-corrected chi connectivity index (χ1v) is 7.93. The Bertz CT molecular complexity index is 335. The maximum absolute atomic E-state index is 12.6. The fraction of sp³-hybridized carbons (Fsp3) is 0.846. The molecular weight excluding hydrogens is 296 g/mol. The predicted octanol–water partition coefficient (Wildman–Crippen LogP) is 1.77. The van der Waals surface area contributed by atoms with E-state index in [4.69, 9.17) is 0 Å². The number of carbonyl (C=O) groups excluding carboxylic acids is 2. The van der Waals surface area contributed by atoms with Crippen molar-refractivity contribution in [2.24, 2.45) is 0 Å². The molecule has 2 fully saturated rings. The fourth-order valence-corrected chi connectivity index (χ4v) is 3.34. The molecule has 4 nitrogen and oxygen atoms in total. The van der Waals surface area contributed by atoms with E-state index in [1.54, 1.807) is 4.90 Å². The summed E-state index contributed by atoms with van der Waals surface area (Å²) in [6, 6.07) is 0.114. The first-order valence-electron chi connectivity index (χ1n) is 6.81. The molecule has 0 aromatic heterocycles. The van der Waals surface area contributed by atoms with Gasteiger partial charge >= 0.3 is 0 Å². The molecule has 0 spiro atoms. The van der Waals surface area contributed by atoms with Gasteiger partial charge in [0, 0.05) is 19.1 Å². The lowest BCUT2D eigenvalue weighted by molar-refractivity contribution is -0.144. The van der Waals surface area contributed by atoms with Crippen molar-refractivity contribution in [3.63, 3.8) is 0 Å². The van der Waals surface area contributed by atoms with Gasteiger partial charge in [-0.3, -0.25) is 9.59 Å². The third-order valence-corrected chi connectivity index (χ3v) is 4.54. The van der Waals surface area contributed by atoms with E-state index in [0.717, 1.165) is 38.8 Å². The highest BCUT2D eigenvalue weighted by atomic mass is 79.9. The summed E-state index contributed by atoms with van der Waals surface area (Å²) in [6.45, 7) is 3.69. The Hall–Kier alpha value is -0.580. The van der Waals surface area contributed by atoms with Crippen LogP contribution in [0.2, 0.25) is 0 Å². The highest BCUT2D eigenvalue weighted by Gasteiger charge is 2.37. The first kappa shape index (κ1) is 13.8. The van der Waals surface area contributed by atoms with E-state index < -0.39 is 0 Å². The Labute approximate surface area is 117 Å². The standard InChI is InChI=1S/C13H21BrN2O2/c1-10-5-2-3-7-15(10)13(18)11-6-4-8-16(11)12(17)9-14/h10-11H,2-9H2,1H3/t10-,11+/m0/s1. The zero-order valence-corrected chi connectivity index (χ0v) is 12.5. The Morgan fingerprint density at radius 2 is 1.83 bits per heavy atom. The molecule has 18 heavy (non-hydrogen) atoms. The van der Waals surface area contributed by atoms with Gasteiger partial charge in [0.1, 0.15) is 6.04 Å². The largest absolute Gasteiger partial charge is 0.338 e. The number of halogens is 1. The van der Waals surface area contributed by atoms with Crippen LogP contribution < -0.4 is 0 Å². The number of hydrogen-bond donors (Lipinski definition) is 0. The molecule has 0 saturated carbocycles. The van der Waals surface area contributed by atoms with E-state index in [9.17, 15) is 9.59 Å². The zero-order chi connectivity index (χ0) is 13.1. The van der Waals surface area contributed by atoms with Crippen LogP contribution in [-0.4, -0.2) is 52.1 Å². The van der Waals surface area contributed by atoms with Gasteiger partial charge in [-0.15, -0.1) is 0 Å². The van der Waals surface area contributed by atoms with Crippen molar-refractivity contribution in [1.82, 2.24) is 9.80 Å². The summed E-state index contributed by atoms with van der Waals surface area (Å²) in [7, 11) is 0. The van der Waals surface area contributed by atoms with Crippen LogP contribution in [-0.2, 0) is 9.59 Å². The van der Waals surface area contributed by atoms with E-state index in [-0.39, 0.29) is 17.9 Å². The fourth-order valence-electron chi connectivity index (χ4n) is 3.02. The van der Waals surface area contributed by atoms with Gasteiger partial charge in [0.2, 0.25) is 11.8 Å². The molecule has 0 bridgehead atoms. The van der Waals surface area contributed by atoms with E-state index in [1.165, 1.54) is 6.42 Å². The minimum Gasteiger partial charge on any atom is -0.338 e. The summed E-state index contributed by atoms with van der Waals surface area (Å²) in [4.78, 5) is 28.1. The third kappa shape index (κ3) is 2.71. The van der Waals surface area contributed by atoms with Crippen molar-refractivity contribution < 1.29 is 9.59 Å². The molecule has 2 amide bonds. The SMILES string of the molecule is C[C@H]1CCCCN1C(=O)[C@H]1CCCN1C(=O)CBr. The van der Waals surface area contributed by atoms with Gasteiger partial charge in [-0.2, -0.15) is 0 Å². The molecule has 2 heterocycles. The topological polar surface area (TPSA) is 40.6 Å². The van der Waals surface area contributed by atoms with Gasteiger partial charge in [0.05, 0.1) is 5.33 Å². The monoisotopic (exact) mass is 316 g/mol. The first-order chi connectivity index (χ1) is 8.65. The van der Waals surface area contributed by atoms with Crippen molar-refractivity contribution in [2.45, 2.75) is 51.1 Å². The van der Waals surface area contributed by atoms with E-state index in [0.29, 0.717) is 11.4 Å². The second-order valence-corrected chi connectivity index (χ2v) is 5.82. The van der Waals surface area contributed by atoms with Gasteiger partial charge in [-0.1, -0.05) is 15.9 Å². The van der Waals surface area contributed by atoms with Gasteiger partial charge in [-0.05, 0) is 39.0 Å². The summed E-state index contributed by atoms with van der Waals surface area (Å²) >= 11 is 3.19. The summed E-state index contributed by atoms with van der Waals surface area (Å²) < 4.78 is 0. The van der Waals surface area contributed by atoms with Gasteiger partial charge < -0.3 is 9.80 Å². The van der Waals surface area contributed by atoms with Gasteiger partial charge in [0.25, 0.3) is 0 Å². The molecule has 0 N–H and O–H groups in total. The molecule has 0 aromatic carbocycles. The third-order valence-electron chi connectivity index (χ3n) is 4.06. The van der Waals surface area contributed by atoms with E-state index in [2.05, 4.69) is 22.9 Å². The number of likely N-dealkylation sites (tertiary alicyclic amines) is 2. The normalized spacial score (nSPS) is 28.6. The lowest BCUT2D eigenvalue weighted by atomic mass is 10.0. The van der Waals surface area contributed by atoms with E-state index in [1.807, 2.05) is 4.90 Å². The molecule has 2 atom stereocenters. The Balaban J connectivity index is 2.05. The second kappa shape index (κ2) is 6.04. The maximum Gasteiger partial charge on any atom is 0.245 e. The zero-order valence-electron chi connectivity index (χ0n) is 10.9. The number of alkyl halides is 1. The van der Waals surface area contributed by atoms with Crippen LogP contribution in [0, 0.1) is 0 Å². The van der Waals surface area contributed by atoms with Crippen molar-refractivity contribution in [3.05, 3.63) is 0 Å². The lowest BCUT2D eigenvalue weighted by Gasteiger charge is -2.37. The Kier molecular flexibility index (Phi) is 4.65. The van der Waals surface area contributed by atoms with Gasteiger partial charge in [0.15, 0.2) is 0 Å². The number of carbonyl (C=O) groups is 2. The Morgan fingerprint density at radius 3 is 2.50 bits per heavy atom. The van der Waals surface area contributed by atoms with Crippen molar-refractivity contribution >= 4 is 27.7 Å². The molecule has 0 aromatic rings. The number of amides is 2. The molecular formula is C13H21BrN2O2. The van der Waals surface area contributed by atoms with Crippen LogP contribution in [0.15, 0.2) is 0 Å². The number of rotatable bonds is 2. The minimum atomic E-state index is -0.212. The molecule has 0 unspecified atom stereocenters. The molecule has 102 valence electrons. The van der Waals surface area contributed by atoms with E-state index >= 15 is 0 Å². The summed E-state index contributed by atoms with van der Waals surface area (Å²) in [5, 5.41) is 0.312. The minimum absolute atomic E-state index is 0.0375. The molecule has 2 aliphatic heterocycles. The van der Waals surface area contributed by atoms with Crippen LogP contribution in [0.1, 0.15) is 39.0 Å². The molecule has 2 rings (SSSR count). The Morgan fingerprint density at radius 1 is 1.11 bits per heavy atom. The smallest absolute Gasteiger partial charge is 0.245 e. The van der Waals surface area contributed by atoms with Crippen LogP contribution in [0.4, 0.5) is 0 Å². The molecule has 2 aliphatic rings. The van der Waals surface area contributed by atoms with Crippen LogP contribution in [0.25, 0.3) is 0 Å². The highest BCUT2D eigenvalue weighted by molar-refractivity contribution is 9.09. The molecule has 2 saturated heterocycles. The average molecular weight is 317 g/mol. The molecule has 5 heteroatoms. The number of hydrogen-bond acceptors (Lipinski definition) is 2. The summed E-state index contributed by atoms with van der Waals surface area (Å²) in [5.74, 6) is 0.199. The quantitative estimate of drug-likeness (QED) is 0.729. The van der Waals surface area contributed by atoms with Gasteiger partial charge in [-0.25, -0.2) is 0 Å². The lowest BCUT2D eigenvalue weighted by Crippen LogP contribution is -2.52. The van der Waals surface area contributed by atoms with Crippen LogP contribution in [0.3, 0.4) is 0 Å². The average Bonchev–Trinajstić information content (AvgIpc) is 2.86. The van der Waals surface area contributed by atoms with Crippen molar-refractivity contribution in [3.8, 4) is 0 Å². The van der Waals surface area contributed by atoms with Crippen LogP contribution >= 0.6 is 15.9 Å². The van der Waals surface area contributed by atoms with Crippen molar-refractivity contribution in [2.75, 3.05) is 18.4 Å². The highest BCUT2D eigenvalue weighted by Crippen LogP contribution is 2.24. The molecule has 0 aliphatic carbocycles. The van der Waals surface area contributed by atoms with Crippen LogP contribution in [0.5, 0.6) is 0 Å².